The molecule has 0 unspecified atom stereocenters. The van der Waals surface area contributed by atoms with Gasteiger partial charge in [0.15, 0.2) is 0 Å². The van der Waals surface area contributed by atoms with Crippen LogP contribution < -0.4 is 0 Å². The number of benzene rings is 11. The largest absolute Gasteiger partial charge is 0.417 e. The van der Waals surface area contributed by atoms with Gasteiger partial charge in [-0.05, 0) is 159 Å². The molecule has 0 spiro atoms. The summed E-state index contributed by atoms with van der Waals surface area (Å²) in [5, 5.41) is 65.6. The third-order valence-electron chi connectivity index (χ3n) is 15.6. The van der Waals surface area contributed by atoms with Crippen molar-refractivity contribution in [2.24, 2.45) is 0 Å². The molecule has 0 saturated heterocycles. The van der Waals surface area contributed by atoms with E-state index in [0.717, 1.165) is 49.9 Å². The van der Waals surface area contributed by atoms with Crippen molar-refractivity contribution < 1.29 is 13.2 Å². The average molecular weight is 1080 g/mol. The SMILES string of the molecule is N#Cc1ccc(-c2cccc(-n3c4ccc(-c5ccccc5C#N)cc4c4cc(-c5ccccc5C#N)ccc43)c2-c2c(C#N)cccc2-n2c3ccc(-c4ccccc4C#N)cc3c3cc(-c4ccccc4C#N)ccc32)c(C(F)(F)F)c1. The van der Waals surface area contributed by atoms with E-state index in [1.165, 1.54) is 12.1 Å². The Balaban J connectivity index is 1.18. The van der Waals surface area contributed by atoms with Crippen molar-refractivity contribution in [3.05, 3.63) is 263 Å². The molecule has 11 aromatic carbocycles. The Morgan fingerprint density at radius 2 is 0.619 bits per heavy atom. The molecule has 0 aliphatic carbocycles. The normalized spacial score (nSPS) is 11.2. The average Bonchev–Trinajstić information content (AvgIpc) is 2.01. The van der Waals surface area contributed by atoms with Gasteiger partial charge in [0.25, 0.3) is 0 Å². The van der Waals surface area contributed by atoms with Gasteiger partial charge in [-0.15, -0.1) is 0 Å². The molecular weight excluding hydrogens is 1050 g/mol. The summed E-state index contributed by atoms with van der Waals surface area (Å²) >= 11 is 0. The number of alkyl halides is 3. The molecule has 0 bridgehead atoms. The number of fused-ring (bicyclic) bond motifs is 6. The first kappa shape index (κ1) is 51.2. The Bertz CT molecular complexity index is 5000. The molecule has 11 heteroatoms. The highest BCUT2D eigenvalue weighted by atomic mass is 19.4. The summed E-state index contributed by atoms with van der Waals surface area (Å²) < 4.78 is 51.4. The van der Waals surface area contributed by atoms with Crippen LogP contribution in [0, 0.1) is 68.0 Å². The summed E-state index contributed by atoms with van der Waals surface area (Å²) in [6.07, 6.45) is -4.94. The molecule has 13 rings (SSSR count). The molecule has 2 aromatic heterocycles. The molecule has 0 saturated carbocycles. The predicted octanol–water partition coefficient (Wildman–Crippen LogP) is 18.1. The fourth-order valence-electron chi connectivity index (χ4n) is 11.9. The lowest BCUT2D eigenvalue weighted by Gasteiger charge is -2.24. The van der Waals surface area contributed by atoms with Crippen LogP contribution in [0.2, 0.25) is 0 Å². The van der Waals surface area contributed by atoms with E-state index >= 15 is 13.2 Å². The van der Waals surface area contributed by atoms with Crippen LogP contribution in [0.4, 0.5) is 13.2 Å². The molecule has 0 atom stereocenters. The van der Waals surface area contributed by atoms with Crippen molar-refractivity contribution in [1.29, 1.82) is 31.6 Å². The molecule has 13 aromatic rings. The first-order chi connectivity index (χ1) is 41.0. The van der Waals surface area contributed by atoms with Crippen LogP contribution in [0.25, 0.3) is 122 Å². The highest BCUT2D eigenvalue weighted by Gasteiger charge is 2.36. The summed E-state index contributed by atoms with van der Waals surface area (Å²) in [6.45, 7) is 0. The fraction of sp³-hybridized carbons (Fsp3) is 0.0137. The van der Waals surface area contributed by atoms with Crippen LogP contribution in [0.3, 0.4) is 0 Å². The third-order valence-corrected chi connectivity index (χ3v) is 15.6. The summed E-state index contributed by atoms with van der Waals surface area (Å²) in [4.78, 5) is 0. The number of hydrogen-bond donors (Lipinski definition) is 0. The lowest BCUT2D eigenvalue weighted by Crippen LogP contribution is -2.09. The Hall–Kier alpha value is -12.3. The highest BCUT2D eigenvalue weighted by Crippen LogP contribution is 2.50. The van der Waals surface area contributed by atoms with Crippen LogP contribution in [0.1, 0.15) is 38.9 Å². The molecule has 84 heavy (non-hydrogen) atoms. The lowest BCUT2D eigenvalue weighted by atomic mass is 9.86. The maximum atomic E-state index is 15.8. The molecular formula is C73H37F3N8. The molecule has 390 valence electrons. The van der Waals surface area contributed by atoms with Crippen molar-refractivity contribution in [3.8, 4) is 115 Å². The topological polar surface area (TPSA) is 153 Å². The first-order valence-corrected chi connectivity index (χ1v) is 26.5. The van der Waals surface area contributed by atoms with Crippen molar-refractivity contribution >= 4 is 43.6 Å². The number of nitriles is 6. The van der Waals surface area contributed by atoms with Gasteiger partial charge >= 0.3 is 6.18 Å². The van der Waals surface area contributed by atoms with Gasteiger partial charge in [0.1, 0.15) is 0 Å². The Labute approximate surface area is 479 Å². The predicted molar refractivity (Wildman–Crippen MR) is 321 cm³/mol. The summed E-state index contributed by atoms with van der Waals surface area (Å²) in [5.41, 5.74) is 10.5. The standard InChI is InChI=1S/C73H37F3N8/c74-73(75,76)64-33-44(38-77)23-28-58(64)59-20-10-22-70(84-67-31-26-47(56-18-7-3-13-51(56)41-80)36-62(67)63-37-48(27-32-68(63)84)57-19-8-4-14-52(57)42-81)72(59)71-53(43-82)15-9-21-69(71)83-65-29-24-45(54-16-5-1-11-49(54)39-78)34-60(65)61-35-46(25-30-66(61)83)55-17-6-2-12-50(55)40-79/h1-37H. The van der Waals surface area contributed by atoms with Crippen LogP contribution in [0.5, 0.6) is 0 Å². The van der Waals surface area contributed by atoms with Crippen molar-refractivity contribution in [3.63, 3.8) is 0 Å². The van der Waals surface area contributed by atoms with E-state index in [0.29, 0.717) is 83.5 Å². The third kappa shape index (κ3) is 8.35. The number of rotatable bonds is 8. The van der Waals surface area contributed by atoms with E-state index in [1.807, 2.05) is 149 Å². The minimum atomic E-state index is -4.94. The zero-order chi connectivity index (χ0) is 57.8. The zero-order valence-corrected chi connectivity index (χ0v) is 44.1. The highest BCUT2D eigenvalue weighted by molar-refractivity contribution is 6.15. The molecule has 0 fully saturated rings. The summed E-state index contributed by atoms with van der Waals surface area (Å²) in [6, 6.07) is 80.0. The molecule has 0 aliphatic rings. The Morgan fingerprint density at radius 3 is 0.976 bits per heavy atom. The fourth-order valence-corrected chi connectivity index (χ4v) is 11.9. The molecule has 0 N–H and O–H groups in total. The van der Waals surface area contributed by atoms with Crippen LogP contribution in [0.15, 0.2) is 224 Å². The maximum Gasteiger partial charge on any atom is 0.417 e. The first-order valence-electron chi connectivity index (χ1n) is 26.5. The summed E-state index contributed by atoms with van der Waals surface area (Å²) in [7, 11) is 0. The number of aromatic nitrogens is 2. The molecule has 8 nitrogen and oxygen atoms in total. The Morgan fingerprint density at radius 1 is 0.286 bits per heavy atom. The molecule has 0 amide bonds. The van der Waals surface area contributed by atoms with Gasteiger partial charge < -0.3 is 9.13 Å². The van der Waals surface area contributed by atoms with Gasteiger partial charge in [-0.1, -0.05) is 121 Å². The van der Waals surface area contributed by atoms with Crippen LogP contribution >= 0.6 is 0 Å². The minimum absolute atomic E-state index is 0.119. The van der Waals surface area contributed by atoms with Crippen LogP contribution in [-0.4, -0.2) is 9.13 Å². The van der Waals surface area contributed by atoms with Crippen LogP contribution in [-0.2, 0) is 6.18 Å². The minimum Gasteiger partial charge on any atom is -0.309 e. The number of halogens is 3. The maximum absolute atomic E-state index is 15.8. The van der Waals surface area contributed by atoms with E-state index in [9.17, 15) is 31.6 Å². The second kappa shape index (κ2) is 20.4. The van der Waals surface area contributed by atoms with E-state index in [2.05, 4.69) is 30.3 Å². The molecule has 0 aliphatic heterocycles. The van der Waals surface area contributed by atoms with E-state index < -0.39 is 11.7 Å². The monoisotopic (exact) mass is 1080 g/mol. The van der Waals surface area contributed by atoms with Crippen molar-refractivity contribution in [1.82, 2.24) is 9.13 Å². The second-order valence-corrected chi connectivity index (χ2v) is 20.1. The molecule has 0 radical (unpaired) electrons. The van der Waals surface area contributed by atoms with Crippen molar-refractivity contribution in [2.45, 2.75) is 6.18 Å². The quantitative estimate of drug-likeness (QED) is 0.148. The van der Waals surface area contributed by atoms with E-state index in [4.69, 9.17) is 0 Å². The van der Waals surface area contributed by atoms with Crippen molar-refractivity contribution in [2.75, 3.05) is 0 Å². The number of nitrogens with zero attached hydrogens (tertiary/aromatic N) is 8. The zero-order valence-electron chi connectivity index (χ0n) is 44.1. The van der Waals surface area contributed by atoms with Gasteiger partial charge in [0, 0.05) is 32.7 Å². The van der Waals surface area contributed by atoms with Gasteiger partial charge in [0.05, 0.1) is 109 Å². The smallest absolute Gasteiger partial charge is 0.309 e. The van der Waals surface area contributed by atoms with E-state index in [-0.39, 0.29) is 27.8 Å². The lowest BCUT2D eigenvalue weighted by molar-refractivity contribution is -0.137. The van der Waals surface area contributed by atoms with Gasteiger partial charge in [-0.3, -0.25) is 0 Å². The second-order valence-electron chi connectivity index (χ2n) is 20.1. The summed E-state index contributed by atoms with van der Waals surface area (Å²) in [5.74, 6) is 0. The molecule has 2 heterocycles. The van der Waals surface area contributed by atoms with Gasteiger partial charge in [-0.2, -0.15) is 44.7 Å². The van der Waals surface area contributed by atoms with Gasteiger partial charge in [0.2, 0.25) is 0 Å². The van der Waals surface area contributed by atoms with E-state index in [1.54, 1.807) is 72.8 Å². The number of hydrogen-bond acceptors (Lipinski definition) is 6. The Kier molecular flexibility index (Phi) is 12.5. The van der Waals surface area contributed by atoms with Gasteiger partial charge in [-0.25, -0.2) is 0 Å².